The number of hydrogen-bond acceptors (Lipinski definition) is 6. The molecule has 0 bridgehead atoms. The summed E-state index contributed by atoms with van der Waals surface area (Å²) in [5.41, 5.74) is 0.884. The van der Waals surface area contributed by atoms with Gasteiger partial charge in [-0.1, -0.05) is 29.8 Å². The smallest absolute Gasteiger partial charge is 0.242 e. The van der Waals surface area contributed by atoms with Gasteiger partial charge in [0.2, 0.25) is 5.91 Å². The molecule has 5 nitrogen and oxygen atoms in total. The quantitative estimate of drug-likeness (QED) is 0.296. The summed E-state index contributed by atoms with van der Waals surface area (Å²) in [6.07, 6.45) is 0.0462. The molecule has 2 unspecified atom stereocenters. The van der Waals surface area contributed by atoms with E-state index in [2.05, 4.69) is 10.6 Å². The third kappa shape index (κ3) is 4.82. The van der Waals surface area contributed by atoms with Crippen LogP contribution in [0.25, 0.3) is 0 Å². The minimum Gasteiger partial charge on any atom is -0.340 e. The van der Waals surface area contributed by atoms with E-state index in [1.54, 1.807) is 42.5 Å². The molecule has 4 aromatic rings. The molecule has 2 aromatic carbocycles. The van der Waals surface area contributed by atoms with Crippen molar-refractivity contribution in [1.82, 2.24) is 10.3 Å². The molecule has 0 spiro atoms. The van der Waals surface area contributed by atoms with Crippen molar-refractivity contribution in [3.63, 3.8) is 0 Å². The Labute approximate surface area is 214 Å². The zero-order valence-corrected chi connectivity index (χ0v) is 20.6. The highest BCUT2D eigenvalue weighted by atomic mass is 35.5. The predicted octanol–water partition coefficient (Wildman–Crippen LogP) is 6.17. The van der Waals surface area contributed by atoms with Gasteiger partial charge < -0.3 is 10.6 Å². The van der Waals surface area contributed by atoms with Crippen molar-refractivity contribution in [2.24, 2.45) is 0 Å². The monoisotopic (exact) mass is 523 g/mol. The van der Waals surface area contributed by atoms with Crippen molar-refractivity contribution in [3.8, 4) is 0 Å². The van der Waals surface area contributed by atoms with E-state index in [0.29, 0.717) is 27.1 Å². The zero-order valence-electron chi connectivity index (χ0n) is 18.2. The Morgan fingerprint density at radius 2 is 1.86 bits per heavy atom. The molecule has 2 atom stereocenters. The third-order valence-corrected chi connectivity index (χ3v) is 8.15. The summed E-state index contributed by atoms with van der Waals surface area (Å²) < 4.78 is 13.3. The molecule has 0 radical (unpaired) electrons. The van der Waals surface area contributed by atoms with Gasteiger partial charge in [0.05, 0.1) is 10.7 Å². The molecule has 1 aliphatic heterocycles. The summed E-state index contributed by atoms with van der Waals surface area (Å²) >= 11 is 8.89. The van der Waals surface area contributed by atoms with Crippen molar-refractivity contribution in [2.75, 3.05) is 5.32 Å². The number of aromatic nitrogens is 1. The maximum Gasteiger partial charge on any atom is 0.242 e. The Kier molecular flexibility index (Phi) is 6.60. The molecule has 5 rings (SSSR count). The number of benzene rings is 2. The number of hydrogen-bond donors (Lipinski definition) is 2. The number of ketones is 1. The minimum atomic E-state index is -1.10. The number of thiophene rings is 1. The lowest BCUT2D eigenvalue weighted by Crippen LogP contribution is -2.58. The molecule has 2 aromatic heterocycles. The normalized spacial score (nSPS) is 19.9. The molecule has 9 heteroatoms. The summed E-state index contributed by atoms with van der Waals surface area (Å²) in [4.78, 5) is 32.2. The Hall–Kier alpha value is -3.20. The second-order valence-corrected chi connectivity index (χ2v) is 10.4. The largest absolute Gasteiger partial charge is 0.340 e. The van der Waals surface area contributed by atoms with Crippen LogP contribution < -0.4 is 10.6 Å². The van der Waals surface area contributed by atoms with Gasteiger partial charge in [-0.2, -0.15) is 11.3 Å². The number of rotatable bonds is 6. The summed E-state index contributed by atoms with van der Waals surface area (Å²) in [7, 11) is 0. The van der Waals surface area contributed by atoms with Crippen LogP contribution in [0, 0.1) is 5.82 Å². The number of pyridine rings is 1. The topological polar surface area (TPSA) is 71.1 Å². The summed E-state index contributed by atoms with van der Waals surface area (Å²) in [5, 5.41) is 9.66. The number of nitrogens with one attached hydrogen (secondary N) is 2. The van der Waals surface area contributed by atoms with E-state index in [1.165, 1.54) is 23.5 Å². The van der Waals surface area contributed by atoms with Gasteiger partial charge in [-0.3, -0.25) is 9.59 Å². The SMILES string of the molecule is O=C1CC(c2ccsc2)(c2cccc(Nc3ccc(F)cc3)n2)NC(=O)C1Sc1ccccc1Cl. The maximum absolute atomic E-state index is 13.4. The van der Waals surface area contributed by atoms with Gasteiger partial charge in [-0.25, -0.2) is 9.37 Å². The number of thioether (sulfide) groups is 1. The number of amides is 1. The number of halogens is 2. The van der Waals surface area contributed by atoms with Crippen LogP contribution in [0.5, 0.6) is 0 Å². The fraction of sp³-hybridized carbons (Fsp3) is 0.115. The molecule has 176 valence electrons. The first-order valence-electron chi connectivity index (χ1n) is 10.7. The number of Topliss-reactive ketones (excluding diaryl/α,β-unsaturated/α-hetero) is 1. The van der Waals surface area contributed by atoms with E-state index in [1.807, 2.05) is 29.0 Å². The first-order chi connectivity index (χ1) is 16.9. The predicted molar refractivity (Wildman–Crippen MR) is 138 cm³/mol. The summed E-state index contributed by atoms with van der Waals surface area (Å²) in [6.45, 7) is 0. The van der Waals surface area contributed by atoms with Gasteiger partial charge in [0, 0.05) is 17.0 Å². The Morgan fingerprint density at radius 3 is 2.57 bits per heavy atom. The van der Waals surface area contributed by atoms with Gasteiger partial charge in [0.1, 0.15) is 22.4 Å². The van der Waals surface area contributed by atoms with Crippen LogP contribution in [0.4, 0.5) is 15.9 Å². The molecule has 2 N–H and O–H groups in total. The highest BCUT2D eigenvalue weighted by Crippen LogP contribution is 2.41. The number of piperidine rings is 1. The van der Waals surface area contributed by atoms with Crippen molar-refractivity contribution >= 4 is 57.9 Å². The summed E-state index contributed by atoms with van der Waals surface area (Å²) in [5.74, 6) is -0.418. The van der Waals surface area contributed by atoms with Crippen LogP contribution >= 0.6 is 34.7 Å². The fourth-order valence-electron chi connectivity index (χ4n) is 4.01. The van der Waals surface area contributed by atoms with Crippen molar-refractivity contribution < 1.29 is 14.0 Å². The van der Waals surface area contributed by atoms with Crippen LogP contribution in [-0.4, -0.2) is 21.9 Å². The zero-order chi connectivity index (χ0) is 24.4. The van der Waals surface area contributed by atoms with Crippen molar-refractivity contribution in [2.45, 2.75) is 22.1 Å². The molecule has 1 fully saturated rings. The van der Waals surface area contributed by atoms with Crippen LogP contribution in [0.3, 0.4) is 0 Å². The lowest BCUT2D eigenvalue weighted by atomic mass is 9.79. The fourth-order valence-corrected chi connectivity index (χ4v) is 5.99. The van der Waals surface area contributed by atoms with E-state index in [4.69, 9.17) is 16.6 Å². The number of anilines is 2. The van der Waals surface area contributed by atoms with Crippen LogP contribution in [-0.2, 0) is 15.1 Å². The molecule has 35 heavy (non-hydrogen) atoms. The van der Waals surface area contributed by atoms with E-state index in [9.17, 15) is 14.0 Å². The standard InChI is InChI=1S/C26H19ClFN3O2S2/c27-19-4-1-2-5-21(19)35-24-20(32)14-26(31-25(24)33,16-12-13-34-15-16)22-6-3-7-23(30-22)29-18-10-8-17(28)9-11-18/h1-13,15,24H,14H2,(H,29,30)(H,31,33). The van der Waals surface area contributed by atoms with Crippen molar-refractivity contribution in [3.05, 3.63) is 106 Å². The number of carbonyl (C=O) groups excluding carboxylic acids is 2. The number of nitrogens with zero attached hydrogens (tertiary/aromatic N) is 1. The van der Waals surface area contributed by atoms with Crippen molar-refractivity contribution in [1.29, 1.82) is 0 Å². The lowest BCUT2D eigenvalue weighted by molar-refractivity contribution is -0.133. The lowest BCUT2D eigenvalue weighted by Gasteiger charge is -2.39. The Bertz CT molecular complexity index is 1360. The molecule has 1 amide bonds. The van der Waals surface area contributed by atoms with Crippen LogP contribution in [0.2, 0.25) is 5.02 Å². The Balaban J connectivity index is 1.48. The van der Waals surface area contributed by atoms with E-state index in [0.717, 1.165) is 17.3 Å². The second kappa shape index (κ2) is 9.81. The first kappa shape index (κ1) is 23.5. The van der Waals surface area contributed by atoms with Gasteiger partial charge >= 0.3 is 0 Å². The molecular formula is C26H19ClFN3O2S2. The average Bonchev–Trinajstić information content (AvgIpc) is 3.40. The highest BCUT2D eigenvalue weighted by Gasteiger charge is 2.48. The molecule has 1 aliphatic rings. The molecule has 1 saturated heterocycles. The average molecular weight is 524 g/mol. The molecular weight excluding hydrogens is 505 g/mol. The van der Waals surface area contributed by atoms with Gasteiger partial charge in [0.25, 0.3) is 0 Å². The minimum absolute atomic E-state index is 0.0462. The summed E-state index contributed by atoms with van der Waals surface area (Å²) in [6, 6.07) is 20.3. The Morgan fingerprint density at radius 1 is 1.06 bits per heavy atom. The highest BCUT2D eigenvalue weighted by molar-refractivity contribution is 8.01. The van der Waals surface area contributed by atoms with Gasteiger partial charge in [-0.15, -0.1) is 11.8 Å². The number of carbonyl (C=O) groups is 2. The third-order valence-electron chi connectivity index (χ3n) is 5.70. The van der Waals surface area contributed by atoms with E-state index < -0.39 is 16.7 Å². The van der Waals surface area contributed by atoms with Gasteiger partial charge in [-0.05, 0) is 70.9 Å². The van der Waals surface area contributed by atoms with Gasteiger partial charge in [0.15, 0.2) is 5.78 Å². The molecule has 0 saturated carbocycles. The van der Waals surface area contributed by atoms with Crippen LogP contribution in [0.15, 0.2) is 88.5 Å². The molecule has 3 heterocycles. The molecule has 0 aliphatic carbocycles. The maximum atomic E-state index is 13.4. The first-order valence-corrected chi connectivity index (χ1v) is 12.9. The van der Waals surface area contributed by atoms with E-state index in [-0.39, 0.29) is 18.0 Å². The van der Waals surface area contributed by atoms with Crippen LogP contribution in [0.1, 0.15) is 17.7 Å². The van der Waals surface area contributed by atoms with E-state index >= 15 is 0 Å². The second-order valence-electron chi connectivity index (χ2n) is 8.02.